The Morgan fingerprint density at radius 3 is 2.80 bits per heavy atom. The Bertz CT molecular complexity index is 403. The van der Waals surface area contributed by atoms with E-state index in [2.05, 4.69) is 4.90 Å². The molecule has 1 aliphatic heterocycles. The Hall–Kier alpha value is -0.950. The van der Waals surface area contributed by atoms with Crippen LogP contribution in [0.15, 0.2) is 16.8 Å². The largest absolute Gasteiger partial charge is 0.389 e. The van der Waals surface area contributed by atoms with Crippen molar-refractivity contribution in [2.24, 2.45) is 0 Å². The maximum atomic E-state index is 12.2. The second-order valence-electron chi connectivity index (χ2n) is 4.92. The van der Waals surface area contributed by atoms with Crippen molar-refractivity contribution in [1.29, 1.82) is 0 Å². The van der Waals surface area contributed by atoms with Gasteiger partial charge in [-0.05, 0) is 18.4 Å². The molecule has 5 nitrogen and oxygen atoms in total. The van der Waals surface area contributed by atoms with Crippen molar-refractivity contribution in [2.45, 2.75) is 13.0 Å². The first kappa shape index (κ1) is 15.4. The molecule has 6 heteroatoms. The number of hydrogen-bond donors (Lipinski definition) is 1. The van der Waals surface area contributed by atoms with E-state index in [1.807, 2.05) is 28.7 Å². The number of rotatable bonds is 6. The summed E-state index contributed by atoms with van der Waals surface area (Å²) in [7, 11) is 0. The monoisotopic (exact) mass is 298 g/mol. The Labute approximate surface area is 123 Å². The fourth-order valence-corrected chi connectivity index (χ4v) is 2.94. The molecule has 0 saturated carbocycles. The Morgan fingerprint density at radius 2 is 2.20 bits per heavy atom. The molecule has 0 bridgehead atoms. The molecule has 1 aromatic rings. The lowest BCUT2D eigenvalue weighted by atomic mass is 10.2. The number of hydrogen-bond acceptors (Lipinski definition) is 5. The summed E-state index contributed by atoms with van der Waals surface area (Å²) in [6.45, 7) is 6.58. The van der Waals surface area contributed by atoms with E-state index in [1.54, 1.807) is 11.3 Å². The number of amides is 1. The Balaban J connectivity index is 1.73. The number of thiophene rings is 1. The van der Waals surface area contributed by atoms with Gasteiger partial charge in [0.2, 0.25) is 0 Å². The third-order valence-corrected chi connectivity index (χ3v) is 4.09. The fourth-order valence-electron chi connectivity index (χ4n) is 2.31. The average molecular weight is 298 g/mol. The van der Waals surface area contributed by atoms with Crippen LogP contribution in [0, 0.1) is 0 Å². The molecular weight excluding hydrogens is 276 g/mol. The third-order valence-electron chi connectivity index (χ3n) is 3.41. The standard InChI is InChI=1S/C14H22N2O3S/c1-2-19-10-13(17)9-15-4-6-16(7-5-15)14(18)12-3-8-20-11-12/h3,8,11,13,17H,2,4-7,9-10H2,1H3. The molecule has 0 aromatic carbocycles. The first-order valence-corrected chi connectivity index (χ1v) is 7.94. The van der Waals surface area contributed by atoms with Gasteiger partial charge in [0.1, 0.15) is 0 Å². The normalized spacial score (nSPS) is 18.2. The van der Waals surface area contributed by atoms with Crippen molar-refractivity contribution in [2.75, 3.05) is 45.9 Å². The molecule has 1 fully saturated rings. The number of β-amino-alcohol motifs (C(OH)–C–C–N with tert-alkyl or cyclic N) is 1. The molecule has 2 rings (SSSR count). The van der Waals surface area contributed by atoms with Crippen LogP contribution in [0.3, 0.4) is 0 Å². The van der Waals surface area contributed by atoms with E-state index in [9.17, 15) is 9.90 Å². The van der Waals surface area contributed by atoms with Crippen LogP contribution < -0.4 is 0 Å². The molecule has 1 aliphatic rings. The van der Waals surface area contributed by atoms with Gasteiger partial charge in [-0.15, -0.1) is 0 Å². The van der Waals surface area contributed by atoms with Crippen LogP contribution in [0.4, 0.5) is 0 Å². The van der Waals surface area contributed by atoms with E-state index in [4.69, 9.17) is 4.74 Å². The summed E-state index contributed by atoms with van der Waals surface area (Å²) in [6.07, 6.45) is -0.450. The lowest BCUT2D eigenvalue weighted by Gasteiger charge is -2.35. The van der Waals surface area contributed by atoms with Crippen molar-refractivity contribution in [3.8, 4) is 0 Å². The van der Waals surface area contributed by atoms with Gasteiger partial charge in [-0.3, -0.25) is 9.69 Å². The molecule has 2 heterocycles. The molecule has 1 saturated heterocycles. The van der Waals surface area contributed by atoms with Crippen molar-refractivity contribution in [3.63, 3.8) is 0 Å². The minimum atomic E-state index is -0.450. The van der Waals surface area contributed by atoms with E-state index >= 15 is 0 Å². The highest BCUT2D eigenvalue weighted by Crippen LogP contribution is 2.12. The number of carbonyl (C=O) groups is 1. The molecule has 1 atom stereocenters. The van der Waals surface area contributed by atoms with Crippen LogP contribution in [-0.2, 0) is 4.74 Å². The summed E-state index contributed by atoms with van der Waals surface area (Å²) in [6, 6.07) is 1.87. The molecule has 1 N–H and O–H groups in total. The topological polar surface area (TPSA) is 53.0 Å². The third kappa shape index (κ3) is 4.28. The van der Waals surface area contributed by atoms with E-state index in [-0.39, 0.29) is 5.91 Å². The minimum Gasteiger partial charge on any atom is -0.389 e. The summed E-state index contributed by atoms with van der Waals surface area (Å²) < 4.78 is 5.21. The molecule has 1 unspecified atom stereocenters. The molecule has 0 radical (unpaired) electrons. The first-order chi connectivity index (χ1) is 9.70. The number of aliphatic hydroxyl groups excluding tert-OH is 1. The molecule has 1 amide bonds. The van der Waals surface area contributed by atoms with Gasteiger partial charge >= 0.3 is 0 Å². The molecule has 0 aliphatic carbocycles. The summed E-state index contributed by atoms with van der Waals surface area (Å²) in [4.78, 5) is 16.2. The van der Waals surface area contributed by atoms with Crippen molar-refractivity contribution >= 4 is 17.2 Å². The number of ether oxygens (including phenoxy) is 1. The predicted octanol–water partition coefficient (Wildman–Crippen LogP) is 0.903. The van der Waals surface area contributed by atoms with Gasteiger partial charge in [-0.1, -0.05) is 0 Å². The van der Waals surface area contributed by atoms with Gasteiger partial charge in [-0.2, -0.15) is 11.3 Å². The zero-order valence-corrected chi connectivity index (χ0v) is 12.6. The van der Waals surface area contributed by atoms with Gasteiger partial charge in [0.15, 0.2) is 0 Å². The van der Waals surface area contributed by atoms with E-state index in [0.717, 1.165) is 31.7 Å². The summed E-state index contributed by atoms with van der Waals surface area (Å²) in [5.41, 5.74) is 0.778. The number of carbonyl (C=O) groups excluding carboxylic acids is 1. The van der Waals surface area contributed by atoms with Crippen LogP contribution in [-0.4, -0.2) is 72.9 Å². The van der Waals surface area contributed by atoms with Gasteiger partial charge in [-0.25, -0.2) is 0 Å². The fraction of sp³-hybridized carbons (Fsp3) is 0.643. The highest BCUT2D eigenvalue weighted by atomic mass is 32.1. The SMILES string of the molecule is CCOCC(O)CN1CCN(C(=O)c2ccsc2)CC1. The van der Waals surface area contributed by atoms with Crippen LogP contribution in [0.1, 0.15) is 17.3 Å². The second kappa shape index (κ2) is 7.73. The molecule has 0 spiro atoms. The van der Waals surface area contributed by atoms with Crippen LogP contribution >= 0.6 is 11.3 Å². The van der Waals surface area contributed by atoms with Gasteiger partial charge in [0, 0.05) is 44.7 Å². The minimum absolute atomic E-state index is 0.112. The molecule has 20 heavy (non-hydrogen) atoms. The van der Waals surface area contributed by atoms with Crippen LogP contribution in [0.2, 0.25) is 0 Å². The summed E-state index contributed by atoms with van der Waals surface area (Å²) >= 11 is 1.54. The quantitative estimate of drug-likeness (QED) is 0.848. The zero-order valence-electron chi connectivity index (χ0n) is 11.8. The van der Waals surface area contributed by atoms with Gasteiger partial charge in [0.05, 0.1) is 18.3 Å². The van der Waals surface area contributed by atoms with E-state index < -0.39 is 6.10 Å². The van der Waals surface area contributed by atoms with Crippen molar-refractivity contribution in [3.05, 3.63) is 22.4 Å². The highest BCUT2D eigenvalue weighted by molar-refractivity contribution is 7.08. The number of aliphatic hydroxyl groups is 1. The summed E-state index contributed by atoms with van der Waals surface area (Å²) in [5.74, 6) is 0.112. The highest BCUT2D eigenvalue weighted by Gasteiger charge is 2.23. The lowest BCUT2D eigenvalue weighted by Crippen LogP contribution is -2.50. The van der Waals surface area contributed by atoms with Crippen LogP contribution in [0.5, 0.6) is 0 Å². The maximum Gasteiger partial charge on any atom is 0.254 e. The predicted molar refractivity (Wildman–Crippen MR) is 79.2 cm³/mol. The van der Waals surface area contributed by atoms with Crippen LogP contribution in [0.25, 0.3) is 0 Å². The first-order valence-electron chi connectivity index (χ1n) is 7.00. The Kier molecular flexibility index (Phi) is 5.97. The number of piperazine rings is 1. The lowest BCUT2D eigenvalue weighted by molar-refractivity contribution is 0.0111. The molecule has 112 valence electrons. The maximum absolute atomic E-state index is 12.2. The molecular formula is C14H22N2O3S. The van der Waals surface area contributed by atoms with Crippen molar-refractivity contribution < 1.29 is 14.6 Å². The smallest absolute Gasteiger partial charge is 0.254 e. The van der Waals surface area contributed by atoms with Crippen molar-refractivity contribution in [1.82, 2.24) is 9.80 Å². The molecule has 1 aromatic heterocycles. The Morgan fingerprint density at radius 1 is 1.45 bits per heavy atom. The van der Waals surface area contributed by atoms with E-state index in [0.29, 0.717) is 19.8 Å². The van der Waals surface area contributed by atoms with Gasteiger partial charge in [0.25, 0.3) is 5.91 Å². The number of nitrogens with zero attached hydrogens (tertiary/aromatic N) is 2. The average Bonchev–Trinajstić information content (AvgIpc) is 2.99. The van der Waals surface area contributed by atoms with Gasteiger partial charge < -0.3 is 14.7 Å². The second-order valence-corrected chi connectivity index (χ2v) is 5.70. The zero-order chi connectivity index (χ0) is 14.4. The summed E-state index contributed by atoms with van der Waals surface area (Å²) in [5, 5.41) is 13.6. The van der Waals surface area contributed by atoms with E-state index in [1.165, 1.54) is 0 Å².